The lowest BCUT2D eigenvalue weighted by atomic mass is 9.93. The van der Waals surface area contributed by atoms with Gasteiger partial charge in [-0.25, -0.2) is 4.79 Å². The van der Waals surface area contributed by atoms with Crippen LogP contribution in [0.25, 0.3) is 10.4 Å². The van der Waals surface area contributed by atoms with Gasteiger partial charge in [0.1, 0.15) is 18.8 Å². The van der Waals surface area contributed by atoms with Crippen LogP contribution in [0.15, 0.2) is 16.9 Å². The highest BCUT2D eigenvalue weighted by Gasteiger charge is 2.44. The predicted molar refractivity (Wildman–Crippen MR) is 83.2 cm³/mol. The molecular formula is C13H19N5O8. The lowest BCUT2D eigenvalue weighted by Crippen LogP contribution is -2.60. The number of ether oxygens (including phenoxy) is 2. The normalized spacial score (nSPS) is 24.3. The Balaban J connectivity index is 3.18. The molecule has 6 N–H and O–H groups in total. The molecule has 26 heavy (non-hydrogen) atoms. The monoisotopic (exact) mass is 373 g/mol. The Hall–Kier alpha value is -2.86. The van der Waals surface area contributed by atoms with E-state index < -0.39 is 67.2 Å². The third-order valence-corrected chi connectivity index (χ3v) is 3.35. The van der Waals surface area contributed by atoms with Crippen molar-refractivity contribution in [2.24, 2.45) is 10.8 Å². The van der Waals surface area contributed by atoms with Crippen LogP contribution in [-0.4, -0.2) is 76.7 Å². The molecule has 0 aromatic carbocycles. The fourth-order valence-corrected chi connectivity index (χ4v) is 2.28. The molecule has 0 bridgehead atoms. The molecule has 0 aliphatic carbocycles. The fourth-order valence-electron chi connectivity index (χ4n) is 2.28. The zero-order valence-corrected chi connectivity index (χ0v) is 13.7. The molecule has 2 amide bonds. The van der Waals surface area contributed by atoms with Crippen molar-refractivity contribution >= 4 is 17.8 Å². The van der Waals surface area contributed by atoms with Crippen molar-refractivity contribution < 1.29 is 39.2 Å². The Labute approximate surface area is 147 Å². The number of carboxylic acid groups (broad SMARTS) is 1. The SMILES string of the molecule is CC(=O)N[C@H]1[C@H]([C@H](O)[C@H](O)CN=[N+]=[N-])OC(C(=O)O)=C[C@@H]1OCC(N)=O. The van der Waals surface area contributed by atoms with Gasteiger partial charge >= 0.3 is 5.97 Å². The van der Waals surface area contributed by atoms with E-state index in [-0.39, 0.29) is 0 Å². The van der Waals surface area contributed by atoms with E-state index in [0.29, 0.717) is 0 Å². The molecular weight excluding hydrogens is 354 g/mol. The van der Waals surface area contributed by atoms with Crippen LogP contribution in [0, 0.1) is 0 Å². The molecule has 144 valence electrons. The number of aliphatic carboxylic acids is 1. The molecule has 1 rings (SSSR count). The molecule has 5 atom stereocenters. The number of nitrogens with one attached hydrogen (secondary N) is 1. The molecule has 1 heterocycles. The largest absolute Gasteiger partial charge is 0.478 e. The number of hydrogen-bond donors (Lipinski definition) is 5. The third-order valence-electron chi connectivity index (χ3n) is 3.35. The van der Waals surface area contributed by atoms with Crippen molar-refractivity contribution in [3.8, 4) is 0 Å². The third kappa shape index (κ3) is 5.89. The van der Waals surface area contributed by atoms with Crippen LogP contribution in [0.2, 0.25) is 0 Å². The molecule has 13 heteroatoms. The minimum Gasteiger partial charge on any atom is -0.478 e. The van der Waals surface area contributed by atoms with E-state index in [9.17, 15) is 24.6 Å². The predicted octanol–water partition coefficient (Wildman–Crippen LogP) is -2.24. The first-order valence-electron chi connectivity index (χ1n) is 7.33. The first kappa shape index (κ1) is 21.2. The first-order chi connectivity index (χ1) is 12.2. The molecule has 0 radical (unpaired) electrons. The van der Waals surface area contributed by atoms with Crippen molar-refractivity contribution in [3.63, 3.8) is 0 Å². The number of amides is 2. The van der Waals surface area contributed by atoms with Crippen LogP contribution in [0.3, 0.4) is 0 Å². The first-order valence-corrected chi connectivity index (χ1v) is 7.33. The number of hydrogen-bond acceptors (Lipinski definition) is 8. The summed E-state index contributed by atoms with van der Waals surface area (Å²) in [6.45, 7) is 0.0406. The van der Waals surface area contributed by atoms with Gasteiger partial charge in [-0.15, -0.1) is 0 Å². The number of carboxylic acids is 1. The standard InChI is InChI=1S/C13H19N5O8/c1-5(19)17-10-7(25-4-9(14)21)2-8(13(23)24)26-12(10)11(22)6(20)3-16-18-15/h2,6-7,10-12,20,22H,3-4H2,1H3,(H2,14,21)(H,17,19)(H,23,24)/t6-,7+,10-,11-,12-/m1/s1. The van der Waals surface area contributed by atoms with E-state index in [1.54, 1.807) is 0 Å². The van der Waals surface area contributed by atoms with Crippen molar-refractivity contribution in [2.75, 3.05) is 13.2 Å². The average Bonchev–Trinajstić information content (AvgIpc) is 2.56. The van der Waals surface area contributed by atoms with Gasteiger partial charge in [0.05, 0.1) is 18.7 Å². The lowest BCUT2D eigenvalue weighted by Gasteiger charge is -2.39. The second kappa shape index (κ2) is 9.58. The summed E-state index contributed by atoms with van der Waals surface area (Å²) in [6, 6.07) is -1.16. The van der Waals surface area contributed by atoms with E-state index in [4.69, 9.17) is 25.8 Å². The highest BCUT2D eigenvalue weighted by atomic mass is 16.5. The summed E-state index contributed by atoms with van der Waals surface area (Å²) in [5.74, 6) is -3.54. The summed E-state index contributed by atoms with van der Waals surface area (Å²) in [7, 11) is 0. The zero-order chi connectivity index (χ0) is 19.9. The molecule has 0 unspecified atom stereocenters. The highest BCUT2D eigenvalue weighted by molar-refractivity contribution is 5.84. The number of aliphatic hydroxyl groups is 2. The van der Waals surface area contributed by atoms with Gasteiger partial charge in [0, 0.05) is 11.8 Å². The zero-order valence-electron chi connectivity index (χ0n) is 13.7. The molecule has 0 aromatic rings. The van der Waals surface area contributed by atoms with Crippen LogP contribution in [0.1, 0.15) is 6.92 Å². The van der Waals surface area contributed by atoms with E-state index in [2.05, 4.69) is 15.3 Å². The van der Waals surface area contributed by atoms with Crippen molar-refractivity contribution in [3.05, 3.63) is 22.3 Å². The molecule has 1 aliphatic rings. The number of nitrogens with zero attached hydrogens (tertiary/aromatic N) is 3. The summed E-state index contributed by atoms with van der Waals surface area (Å²) >= 11 is 0. The maximum atomic E-state index is 11.5. The Morgan fingerprint density at radius 2 is 2.15 bits per heavy atom. The maximum absolute atomic E-state index is 11.5. The smallest absolute Gasteiger partial charge is 0.370 e. The van der Waals surface area contributed by atoms with E-state index in [1.807, 2.05) is 0 Å². The molecule has 1 aliphatic heterocycles. The summed E-state index contributed by atoms with van der Waals surface area (Å²) < 4.78 is 10.4. The summed E-state index contributed by atoms with van der Waals surface area (Å²) in [6.07, 6.45) is -5.04. The van der Waals surface area contributed by atoms with Gasteiger partial charge in [0.25, 0.3) is 0 Å². The molecule has 0 aromatic heterocycles. The van der Waals surface area contributed by atoms with Crippen LogP contribution in [-0.2, 0) is 23.9 Å². The van der Waals surface area contributed by atoms with Crippen molar-refractivity contribution in [2.45, 2.75) is 37.4 Å². The van der Waals surface area contributed by atoms with Gasteiger partial charge in [-0.2, -0.15) is 0 Å². The van der Waals surface area contributed by atoms with Gasteiger partial charge < -0.3 is 35.8 Å². The fraction of sp³-hybridized carbons (Fsp3) is 0.615. The minimum atomic E-state index is -1.75. The highest BCUT2D eigenvalue weighted by Crippen LogP contribution is 2.25. The maximum Gasteiger partial charge on any atom is 0.370 e. The van der Waals surface area contributed by atoms with Gasteiger partial charge in [-0.1, -0.05) is 5.11 Å². The molecule has 0 fully saturated rings. The van der Waals surface area contributed by atoms with Gasteiger partial charge in [-0.3, -0.25) is 9.59 Å². The molecule has 0 spiro atoms. The second-order valence-electron chi connectivity index (χ2n) is 5.36. The van der Waals surface area contributed by atoms with E-state index in [0.717, 1.165) is 13.0 Å². The summed E-state index contributed by atoms with van der Waals surface area (Å²) in [5, 5.41) is 34.8. The number of nitrogens with two attached hydrogens (primary N) is 1. The summed E-state index contributed by atoms with van der Waals surface area (Å²) in [5.41, 5.74) is 13.3. The minimum absolute atomic E-state index is 0.525. The molecule has 0 saturated heterocycles. The number of primary amides is 1. The average molecular weight is 373 g/mol. The summed E-state index contributed by atoms with van der Waals surface area (Å²) in [4.78, 5) is 36.1. The molecule has 13 nitrogen and oxygen atoms in total. The Morgan fingerprint density at radius 1 is 1.50 bits per heavy atom. The number of carbonyl (C=O) groups is 3. The number of azide groups is 1. The van der Waals surface area contributed by atoms with Gasteiger partial charge in [0.15, 0.2) is 6.10 Å². The lowest BCUT2D eigenvalue weighted by molar-refractivity contribution is -0.150. The number of carbonyl (C=O) groups excluding carboxylic acids is 2. The number of rotatable bonds is 9. The van der Waals surface area contributed by atoms with Crippen LogP contribution >= 0.6 is 0 Å². The second-order valence-corrected chi connectivity index (χ2v) is 5.36. The van der Waals surface area contributed by atoms with Crippen LogP contribution < -0.4 is 11.1 Å². The Bertz CT molecular complexity index is 632. The van der Waals surface area contributed by atoms with Crippen LogP contribution in [0.5, 0.6) is 0 Å². The van der Waals surface area contributed by atoms with Crippen molar-refractivity contribution in [1.82, 2.24) is 5.32 Å². The van der Waals surface area contributed by atoms with Crippen molar-refractivity contribution in [1.29, 1.82) is 0 Å². The Morgan fingerprint density at radius 3 is 2.65 bits per heavy atom. The number of aliphatic hydroxyl groups excluding tert-OH is 2. The van der Waals surface area contributed by atoms with E-state index in [1.165, 1.54) is 0 Å². The van der Waals surface area contributed by atoms with Gasteiger partial charge in [-0.05, 0) is 11.6 Å². The van der Waals surface area contributed by atoms with Gasteiger partial charge in [0.2, 0.25) is 17.6 Å². The van der Waals surface area contributed by atoms with Crippen LogP contribution in [0.4, 0.5) is 0 Å². The topological polar surface area (TPSA) is 217 Å². The van der Waals surface area contributed by atoms with E-state index >= 15 is 0 Å². The quantitative estimate of drug-likeness (QED) is 0.169. The molecule has 0 saturated carbocycles. The Kier molecular flexibility index (Phi) is 7.80.